The number of carboxylic acid groups (broad SMARTS) is 2. The maximum Gasteiger partial charge on any atom is 0.414 e. The highest BCUT2D eigenvalue weighted by Gasteiger charge is 2.19. The van der Waals surface area contributed by atoms with Gasteiger partial charge in [-0.1, -0.05) is 71.4 Å². The van der Waals surface area contributed by atoms with E-state index >= 15 is 0 Å². The first kappa shape index (κ1) is 25.7. The first-order valence-corrected chi connectivity index (χ1v) is 11.0. The van der Waals surface area contributed by atoms with Gasteiger partial charge in [-0.2, -0.15) is 0 Å². The largest absolute Gasteiger partial charge is 0.474 e. The molecule has 0 aliphatic rings. The summed E-state index contributed by atoms with van der Waals surface area (Å²) in [7, 11) is 0. The maximum absolute atomic E-state index is 9.10. The van der Waals surface area contributed by atoms with E-state index in [0.29, 0.717) is 27.6 Å². The van der Waals surface area contributed by atoms with Crippen LogP contribution < -0.4 is 0 Å². The zero-order valence-corrected chi connectivity index (χ0v) is 19.6. The molecule has 1 heterocycles. The van der Waals surface area contributed by atoms with E-state index in [9.17, 15) is 0 Å². The molecule has 0 bridgehead atoms. The van der Waals surface area contributed by atoms with E-state index in [2.05, 4.69) is 4.98 Å². The van der Waals surface area contributed by atoms with Gasteiger partial charge < -0.3 is 19.5 Å². The Hall–Kier alpha value is -2.59. The van der Waals surface area contributed by atoms with Gasteiger partial charge in [-0.15, -0.1) is 0 Å². The molecule has 3 rings (SSSR count). The summed E-state index contributed by atoms with van der Waals surface area (Å²) in [6.07, 6.45) is 5.42. The van der Waals surface area contributed by atoms with Crippen molar-refractivity contribution in [2.45, 2.75) is 18.4 Å². The Bertz CT molecular complexity index is 1040. The molecular weight excluding hydrogens is 495 g/mol. The van der Waals surface area contributed by atoms with Crippen LogP contribution in [0.25, 0.3) is 0 Å². The number of carboxylic acids is 2. The van der Waals surface area contributed by atoms with Crippen LogP contribution in [0.5, 0.6) is 0 Å². The van der Waals surface area contributed by atoms with E-state index in [1.807, 2.05) is 53.2 Å². The van der Waals surface area contributed by atoms with Crippen molar-refractivity contribution in [3.8, 4) is 0 Å². The molecule has 0 amide bonds. The molecule has 3 aromatic rings. The second-order valence-corrected chi connectivity index (χ2v) is 8.81. The average Bonchev–Trinajstić information content (AvgIpc) is 3.26. The van der Waals surface area contributed by atoms with E-state index in [1.165, 1.54) is 11.8 Å². The minimum atomic E-state index is -1.82. The zero-order valence-electron chi connectivity index (χ0n) is 16.4. The lowest BCUT2D eigenvalue weighted by Crippen LogP contribution is -2.09. The summed E-state index contributed by atoms with van der Waals surface area (Å²) < 4.78 is 8.23. The molecule has 2 N–H and O–H groups in total. The van der Waals surface area contributed by atoms with E-state index in [-0.39, 0.29) is 5.25 Å². The Kier molecular flexibility index (Phi) is 10.5. The smallest absolute Gasteiger partial charge is 0.414 e. The van der Waals surface area contributed by atoms with Crippen molar-refractivity contribution >= 4 is 63.5 Å². The molecule has 0 saturated carbocycles. The molecule has 0 fully saturated rings. The van der Waals surface area contributed by atoms with Crippen molar-refractivity contribution in [3.05, 3.63) is 88.4 Å². The maximum atomic E-state index is 9.10. The van der Waals surface area contributed by atoms with E-state index < -0.39 is 11.9 Å². The quantitative estimate of drug-likeness (QED) is 0.337. The van der Waals surface area contributed by atoms with Crippen LogP contribution >= 0.6 is 47.2 Å². The van der Waals surface area contributed by atoms with Gasteiger partial charge in [0.2, 0.25) is 4.38 Å². The number of imidazole rings is 1. The highest BCUT2D eigenvalue weighted by atomic mass is 35.5. The summed E-state index contributed by atoms with van der Waals surface area (Å²) in [6.45, 7) is 1.11. The van der Waals surface area contributed by atoms with Gasteiger partial charge in [0.05, 0.1) is 11.6 Å². The number of ether oxygens (including phenoxy) is 1. The molecule has 1 unspecified atom stereocenters. The number of hydrogen-bond donors (Lipinski definition) is 2. The summed E-state index contributed by atoms with van der Waals surface area (Å²) in [5.74, 6) is -3.65. The van der Waals surface area contributed by atoms with Crippen LogP contribution in [0.4, 0.5) is 0 Å². The van der Waals surface area contributed by atoms with Gasteiger partial charge in [-0.3, -0.25) is 0 Å². The predicted molar refractivity (Wildman–Crippen MR) is 128 cm³/mol. The van der Waals surface area contributed by atoms with Gasteiger partial charge in [0, 0.05) is 29.0 Å². The molecule has 2 aromatic carbocycles. The van der Waals surface area contributed by atoms with E-state index in [0.717, 1.165) is 11.1 Å². The molecule has 7 nitrogen and oxygen atoms in total. The number of thioether (sulfide) groups is 1. The minimum Gasteiger partial charge on any atom is -0.474 e. The van der Waals surface area contributed by atoms with Crippen molar-refractivity contribution < 1.29 is 24.5 Å². The molecule has 0 spiro atoms. The Morgan fingerprint density at radius 2 is 1.81 bits per heavy atom. The van der Waals surface area contributed by atoms with Crippen molar-refractivity contribution in [1.82, 2.24) is 9.55 Å². The fourth-order valence-electron chi connectivity index (χ4n) is 2.41. The van der Waals surface area contributed by atoms with Crippen LogP contribution in [0.3, 0.4) is 0 Å². The number of aromatic nitrogens is 2. The Labute approximate surface area is 203 Å². The number of carbonyl (C=O) groups is 2. The standard InChI is InChI=1S/C19H16Cl2N2OS2.C2H2O4/c20-15-6-7-16(17(21)10-15)18(11-23-9-8-22-13-23)26-19(25)24-12-14-4-2-1-3-5-14;3-1(4)2(5)6/h1-10,13,18H,11-12H2;(H,3,4)(H,5,6). The number of aliphatic carboxylic acids is 2. The number of rotatable bonds is 6. The van der Waals surface area contributed by atoms with Crippen LogP contribution in [0.2, 0.25) is 10.0 Å². The number of benzene rings is 2. The minimum absolute atomic E-state index is 0.0164. The van der Waals surface area contributed by atoms with Crippen molar-refractivity contribution in [3.63, 3.8) is 0 Å². The average molecular weight is 513 g/mol. The molecule has 1 aromatic heterocycles. The van der Waals surface area contributed by atoms with Gasteiger partial charge >= 0.3 is 11.9 Å². The van der Waals surface area contributed by atoms with Crippen molar-refractivity contribution in [2.75, 3.05) is 0 Å². The summed E-state index contributed by atoms with van der Waals surface area (Å²) >= 11 is 19.4. The molecule has 32 heavy (non-hydrogen) atoms. The van der Waals surface area contributed by atoms with Gasteiger partial charge in [0.25, 0.3) is 0 Å². The monoisotopic (exact) mass is 512 g/mol. The first-order chi connectivity index (χ1) is 15.3. The second kappa shape index (κ2) is 13.1. The van der Waals surface area contributed by atoms with Crippen LogP contribution in [0.1, 0.15) is 16.4 Å². The predicted octanol–water partition coefficient (Wildman–Crippen LogP) is 5.32. The molecule has 1 atom stereocenters. The topological polar surface area (TPSA) is 102 Å². The fourth-order valence-corrected chi connectivity index (χ4v) is 4.37. The normalized spacial score (nSPS) is 11.1. The third-order valence-corrected chi connectivity index (χ3v) is 5.83. The third-order valence-electron chi connectivity index (χ3n) is 3.87. The molecular formula is C21H18Cl2N2O5S2. The van der Waals surface area contributed by atoms with Gasteiger partial charge in [0.15, 0.2) is 0 Å². The summed E-state index contributed by atoms with van der Waals surface area (Å²) in [6, 6.07) is 15.4. The summed E-state index contributed by atoms with van der Waals surface area (Å²) in [4.78, 5) is 22.3. The Balaban J connectivity index is 0.000000534. The number of thiocarbonyl (C=S) groups is 1. The number of nitrogens with zero attached hydrogens (tertiary/aromatic N) is 2. The first-order valence-electron chi connectivity index (χ1n) is 9.00. The fraction of sp³-hybridized carbons (Fsp3) is 0.143. The van der Waals surface area contributed by atoms with E-state index in [1.54, 1.807) is 18.6 Å². The molecule has 11 heteroatoms. The molecule has 168 valence electrons. The highest BCUT2D eigenvalue weighted by molar-refractivity contribution is 8.22. The molecule has 0 aliphatic carbocycles. The lowest BCUT2D eigenvalue weighted by molar-refractivity contribution is -0.159. The second-order valence-electron chi connectivity index (χ2n) is 6.17. The van der Waals surface area contributed by atoms with Gasteiger partial charge in [0.1, 0.15) is 6.61 Å². The van der Waals surface area contributed by atoms with Gasteiger partial charge in [-0.05, 0) is 35.5 Å². The Morgan fingerprint density at radius 1 is 1.12 bits per heavy atom. The number of hydrogen-bond acceptors (Lipinski definition) is 6. The molecule has 0 saturated heterocycles. The van der Waals surface area contributed by atoms with Crippen LogP contribution in [0.15, 0.2) is 67.3 Å². The Morgan fingerprint density at radius 3 is 2.38 bits per heavy atom. The molecule has 0 radical (unpaired) electrons. The molecule has 0 aliphatic heterocycles. The van der Waals surface area contributed by atoms with Crippen LogP contribution in [-0.2, 0) is 27.5 Å². The highest BCUT2D eigenvalue weighted by Crippen LogP contribution is 2.37. The SMILES string of the molecule is O=C(O)C(=O)O.S=C(OCc1ccccc1)SC(Cn1ccnc1)c1ccc(Cl)cc1Cl. The summed E-state index contributed by atoms with van der Waals surface area (Å²) in [5.41, 5.74) is 2.03. The number of halogens is 2. The van der Waals surface area contributed by atoms with Crippen LogP contribution in [-0.4, -0.2) is 36.1 Å². The van der Waals surface area contributed by atoms with Crippen molar-refractivity contribution in [2.24, 2.45) is 0 Å². The third kappa shape index (κ3) is 8.88. The lowest BCUT2D eigenvalue weighted by atomic mass is 10.1. The summed E-state index contributed by atoms with van der Waals surface area (Å²) in [5, 5.41) is 16.0. The zero-order chi connectivity index (χ0) is 23.5. The van der Waals surface area contributed by atoms with Gasteiger partial charge in [-0.25, -0.2) is 14.6 Å². The van der Waals surface area contributed by atoms with Crippen LogP contribution in [0, 0.1) is 0 Å². The van der Waals surface area contributed by atoms with E-state index in [4.69, 9.17) is 60.0 Å². The lowest BCUT2D eigenvalue weighted by Gasteiger charge is -2.19. The van der Waals surface area contributed by atoms with Crippen molar-refractivity contribution in [1.29, 1.82) is 0 Å².